The molecule has 0 saturated heterocycles. The average molecular weight is 457 g/mol. The third-order valence-electron chi connectivity index (χ3n) is 5.03. The number of hydrogen-bond donors (Lipinski definition) is 2. The van der Waals surface area contributed by atoms with Gasteiger partial charge in [-0.1, -0.05) is 11.6 Å². The number of aromatic nitrogens is 1. The molecule has 0 aliphatic rings. The topological polar surface area (TPSA) is 96.2 Å². The maximum Gasteiger partial charge on any atom is 0.261 e. The zero-order valence-corrected chi connectivity index (χ0v) is 19.6. The highest BCUT2D eigenvalue weighted by molar-refractivity contribution is 6.30. The summed E-state index contributed by atoms with van der Waals surface area (Å²) in [7, 11) is 1.66. The molecule has 1 aromatic carbocycles. The Morgan fingerprint density at radius 1 is 1.28 bits per heavy atom. The number of hydrogen-bond acceptors (Lipinski definition) is 4. The van der Waals surface area contributed by atoms with Crippen molar-refractivity contribution in [2.24, 2.45) is 0 Å². The van der Waals surface area contributed by atoms with Crippen molar-refractivity contribution in [3.63, 3.8) is 0 Å². The summed E-state index contributed by atoms with van der Waals surface area (Å²) in [6, 6.07) is 10.9. The monoisotopic (exact) mass is 456 g/mol. The summed E-state index contributed by atoms with van der Waals surface area (Å²) in [5.74, 6) is -0.615. The van der Waals surface area contributed by atoms with Crippen molar-refractivity contribution < 1.29 is 14.3 Å². The van der Waals surface area contributed by atoms with Gasteiger partial charge in [-0.15, -0.1) is 0 Å². The molecule has 0 aliphatic carbocycles. The summed E-state index contributed by atoms with van der Waals surface area (Å²) in [6.07, 6.45) is 2.29. The van der Waals surface area contributed by atoms with Gasteiger partial charge in [-0.25, -0.2) is 0 Å². The summed E-state index contributed by atoms with van der Waals surface area (Å²) in [5.41, 5.74) is 3.50. The number of nitriles is 1. The minimum Gasteiger partial charge on any atom is -0.383 e. The van der Waals surface area contributed by atoms with Crippen LogP contribution in [0.1, 0.15) is 42.8 Å². The number of methoxy groups -OCH3 is 1. The molecule has 2 N–H and O–H groups in total. The number of aryl methyl sites for hydroxylation is 1. The number of nitrogens with zero attached hydrogens (tertiary/aromatic N) is 2. The zero-order valence-electron chi connectivity index (χ0n) is 18.9. The van der Waals surface area contributed by atoms with Crippen molar-refractivity contribution in [2.75, 3.05) is 25.6 Å². The van der Waals surface area contributed by atoms with Gasteiger partial charge < -0.3 is 19.9 Å². The van der Waals surface area contributed by atoms with Gasteiger partial charge in [-0.2, -0.15) is 5.26 Å². The fourth-order valence-corrected chi connectivity index (χ4v) is 3.68. The number of amides is 2. The Hall–Kier alpha value is -3.08. The molecule has 7 nitrogen and oxygen atoms in total. The Labute approximate surface area is 194 Å². The predicted octanol–water partition coefficient (Wildman–Crippen LogP) is 4.41. The van der Waals surface area contributed by atoms with Crippen LogP contribution in [0, 0.1) is 25.2 Å². The summed E-state index contributed by atoms with van der Waals surface area (Å²) in [6.45, 7) is 6.85. The van der Waals surface area contributed by atoms with Crippen LogP contribution in [0.3, 0.4) is 0 Å². The molecule has 0 radical (unpaired) electrons. The van der Waals surface area contributed by atoms with E-state index in [1.165, 1.54) is 0 Å². The molecule has 0 spiro atoms. The van der Waals surface area contributed by atoms with Crippen LogP contribution in [-0.2, 0) is 14.3 Å². The van der Waals surface area contributed by atoms with Crippen LogP contribution in [0.15, 0.2) is 35.9 Å². The Bertz CT molecular complexity index is 1020. The summed E-state index contributed by atoms with van der Waals surface area (Å²) >= 11 is 5.83. The molecule has 32 heavy (non-hydrogen) atoms. The largest absolute Gasteiger partial charge is 0.383 e. The third-order valence-corrected chi connectivity index (χ3v) is 5.28. The van der Waals surface area contributed by atoms with Gasteiger partial charge in [0.15, 0.2) is 0 Å². The lowest BCUT2D eigenvalue weighted by Crippen LogP contribution is -2.26. The van der Waals surface area contributed by atoms with E-state index in [2.05, 4.69) is 22.1 Å². The Kier molecular flexibility index (Phi) is 9.51. The fourth-order valence-electron chi connectivity index (χ4n) is 3.55. The van der Waals surface area contributed by atoms with E-state index >= 15 is 0 Å². The first-order valence-corrected chi connectivity index (χ1v) is 10.8. The van der Waals surface area contributed by atoms with E-state index in [1.807, 2.05) is 26.0 Å². The van der Waals surface area contributed by atoms with Crippen molar-refractivity contribution in [2.45, 2.75) is 39.7 Å². The van der Waals surface area contributed by atoms with Crippen molar-refractivity contribution in [3.8, 4) is 6.07 Å². The van der Waals surface area contributed by atoms with Gasteiger partial charge in [0.2, 0.25) is 5.91 Å². The van der Waals surface area contributed by atoms with E-state index in [9.17, 15) is 14.9 Å². The summed E-state index contributed by atoms with van der Waals surface area (Å²) in [5, 5.41) is 15.5. The van der Waals surface area contributed by atoms with Crippen molar-refractivity contribution in [1.29, 1.82) is 5.26 Å². The number of benzene rings is 1. The average Bonchev–Trinajstić information content (AvgIpc) is 3.04. The maximum absolute atomic E-state index is 12.4. The molecular formula is C24H29ClN4O3. The zero-order chi connectivity index (χ0) is 23.7. The standard InChI is InChI=1S/C24H29ClN4O3/c1-16-12-19(18(3)29(16)17(2)15-32-4)13-20(14-26)24(31)27-11-5-6-23(30)28-22-9-7-21(25)8-10-22/h7-10,12-13,17H,5-6,11,15H2,1-4H3,(H,27,31)(H,28,30)/b20-13+. The van der Waals surface area contributed by atoms with E-state index in [-0.39, 0.29) is 30.5 Å². The van der Waals surface area contributed by atoms with Gasteiger partial charge in [0.25, 0.3) is 5.91 Å². The second-order valence-corrected chi connectivity index (χ2v) is 8.02. The SMILES string of the molecule is COCC(C)n1c(C)cc(/C=C(\C#N)C(=O)NCCCC(=O)Nc2ccc(Cl)cc2)c1C. The number of rotatable bonds is 10. The Morgan fingerprint density at radius 3 is 2.59 bits per heavy atom. The second-order valence-electron chi connectivity index (χ2n) is 7.59. The van der Waals surface area contributed by atoms with Gasteiger partial charge in [0, 0.05) is 42.2 Å². The number of anilines is 1. The van der Waals surface area contributed by atoms with Crippen LogP contribution in [0.2, 0.25) is 5.02 Å². The molecule has 2 amide bonds. The van der Waals surface area contributed by atoms with Gasteiger partial charge in [-0.3, -0.25) is 9.59 Å². The highest BCUT2D eigenvalue weighted by Crippen LogP contribution is 2.23. The lowest BCUT2D eigenvalue weighted by molar-refractivity contribution is -0.118. The molecule has 8 heteroatoms. The molecule has 1 atom stereocenters. The molecule has 0 fully saturated rings. The van der Waals surface area contributed by atoms with Crippen LogP contribution in [0.5, 0.6) is 0 Å². The first-order chi connectivity index (χ1) is 15.3. The van der Waals surface area contributed by atoms with E-state index in [0.717, 1.165) is 17.0 Å². The molecule has 1 unspecified atom stereocenters. The number of nitrogens with one attached hydrogen (secondary N) is 2. The smallest absolute Gasteiger partial charge is 0.261 e. The van der Waals surface area contributed by atoms with Gasteiger partial charge in [-0.05, 0) is 69.2 Å². The molecule has 1 heterocycles. The number of ether oxygens (including phenoxy) is 1. The minimum absolute atomic E-state index is 0.0234. The van der Waals surface area contributed by atoms with E-state index in [0.29, 0.717) is 23.7 Å². The Balaban J connectivity index is 1.91. The summed E-state index contributed by atoms with van der Waals surface area (Å²) in [4.78, 5) is 24.5. The maximum atomic E-state index is 12.4. The first kappa shape index (κ1) is 25.2. The lowest BCUT2D eigenvalue weighted by Gasteiger charge is -2.17. The van der Waals surface area contributed by atoms with E-state index in [1.54, 1.807) is 37.5 Å². The summed E-state index contributed by atoms with van der Waals surface area (Å²) < 4.78 is 7.37. The minimum atomic E-state index is -0.458. The quantitative estimate of drug-likeness (QED) is 0.314. The highest BCUT2D eigenvalue weighted by atomic mass is 35.5. The molecular weight excluding hydrogens is 428 g/mol. The molecule has 170 valence electrons. The predicted molar refractivity (Wildman–Crippen MR) is 126 cm³/mol. The lowest BCUT2D eigenvalue weighted by atomic mass is 10.1. The van der Waals surface area contributed by atoms with Crippen LogP contribution < -0.4 is 10.6 Å². The van der Waals surface area contributed by atoms with E-state index < -0.39 is 5.91 Å². The number of carbonyl (C=O) groups is 2. The molecule has 0 bridgehead atoms. The molecule has 2 rings (SSSR count). The fraction of sp³-hybridized carbons (Fsp3) is 0.375. The Morgan fingerprint density at radius 2 is 1.97 bits per heavy atom. The first-order valence-electron chi connectivity index (χ1n) is 10.4. The van der Waals surface area contributed by atoms with Crippen molar-refractivity contribution in [1.82, 2.24) is 9.88 Å². The van der Waals surface area contributed by atoms with Crippen LogP contribution >= 0.6 is 11.6 Å². The molecule has 2 aromatic rings. The second kappa shape index (κ2) is 12.1. The number of carbonyl (C=O) groups excluding carboxylic acids is 2. The van der Waals surface area contributed by atoms with Crippen molar-refractivity contribution in [3.05, 3.63) is 57.9 Å². The van der Waals surface area contributed by atoms with Crippen LogP contribution in [0.4, 0.5) is 5.69 Å². The third kappa shape index (κ3) is 6.98. The number of halogens is 1. The van der Waals surface area contributed by atoms with Crippen molar-refractivity contribution >= 4 is 35.2 Å². The molecule has 0 saturated carbocycles. The van der Waals surface area contributed by atoms with Gasteiger partial charge in [0.1, 0.15) is 11.6 Å². The van der Waals surface area contributed by atoms with Gasteiger partial charge in [0.05, 0.1) is 12.6 Å². The van der Waals surface area contributed by atoms with E-state index in [4.69, 9.17) is 16.3 Å². The van der Waals surface area contributed by atoms with Gasteiger partial charge >= 0.3 is 0 Å². The van der Waals surface area contributed by atoms with Crippen LogP contribution in [0.25, 0.3) is 6.08 Å². The van der Waals surface area contributed by atoms with Crippen LogP contribution in [-0.4, -0.2) is 36.6 Å². The molecule has 1 aromatic heterocycles. The normalized spacial score (nSPS) is 12.2. The highest BCUT2D eigenvalue weighted by Gasteiger charge is 2.15. The molecule has 0 aliphatic heterocycles.